The first-order valence-corrected chi connectivity index (χ1v) is 12.1. The summed E-state index contributed by atoms with van der Waals surface area (Å²) in [7, 11) is 0. The minimum Gasteiger partial charge on any atom is -0.444 e. The largest absolute Gasteiger partial charge is 0.444 e. The number of carbonyl (C=O) groups is 2. The van der Waals surface area contributed by atoms with E-state index in [1.165, 1.54) is 18.2 Å². The van der Waals surface area contributed by atoms with Gasteiger partial charge in [0.05, 0.1) is 18.1 Å². The van der Waals surface area contributed by atoms with Gasteiger partial charge in [0, 0.05) is 6.20 Å². The third-order valence-electron chi connectivity index (χ3n) is 4.88. The van der Waals surface area contributed by atoms with E-state index in [2.05, 4.69) is 20.6 Å². The van der Waals surface area contributed by atoms with Gasteiger partial charge in [-0.1, -0.05) is 35.9 Å². The number of nitrogens with zero attached hydrogens (tertiary/aromatic N) is 3. The van der Waals surface area contributed by atoms with E-state index in [1.807, 2.05) is 10.6 Å². The Morgan fingerprint density at radius 1 is 1.03 bits per heavy atom. The van der Waals surface area contributed by atoms with Gasteiger partial charge in [-0.15, -0.1) is 0 Å². The Morgan fingerprint density at radius 2 is 1.76 bits per heavy atom. The predicted molar refractivity (Wildman–Crippen MR) is 141 cm³/mol. The van der Waals surface area contributed by atoms with E-state index in [1.54, 1.807) is 63.4 Å². The highest BCUT2D eigenvalue weighted by atomic mass is 35.5. The molecule has 0 aliphatic carbocycles. The monoisotopic (exact) mass is 543 g/mol. The molecular weight excluding hydrogens is 516 g/mol. The summed E-state index contributed by atoms with van der Waals surface area (Å²) in [6.45, 7) is 5.42. The number of pyridine rings is 1. The number of ether oxygens (including phenoxy) is 1. The summed E-state index contributed by atoms with van der Waals surface area (Å²) >= 11 is 5.90. The molecular formula is C27H28ClF2N5O3. The molecule has 0 saturated heterocycles. The molecule has 11 heteroatoms. The Labute approximate surface area is 224 Å². The van der Waals surface area contributed by atoms with Gasteiger partial charge in [0.2, 0.25) is 5.91 Å². The fraction of sp³-hybridized carbons (Fsp3) is 0.259. The quantitative estimate of drug-likeness (QED) is 0.347. The van der Waals surface area contributed by atoms with Crippen molar-refractivity contribution in [3.8, 4) is 0 Å². The number of aromatic nitrogens is 3. The van der Waals surface area contributed by atoms with Crippen molar-refractivity contribution >= 4 is 34.8 Å². The van der Waals surface area contributed by atoms with Crippen LogP contribution in [0.15, 0.2) is 66.9 Å². The van der Waals surface area contributed by atoms with Crippen molar-refractivity contribution in [2.45, 2.75) is 39.5 Å². The maximum Gasteiger partial charge on any atom is 0.408 e. The molecule has 0 atom stereocenters. The Bertz CT molecular complexity index is 1390. The zero-order valence-corrected chi connectivity index (χ0v) is 21.9. The first kappa shape index (κ1) is 28.5. The van der Waals surface area contributed by atoms with Gasteiger partial charge in [0.1, 0.15) is 35.1 Å². The zero-order chi connectivity index (χ0) is 27.7. The van der Waals surface area contributed by atoms with E-state index in [0.29, 0.717) is 23.5 Å². The zero-order valence-electron chi connectivity index (χ0n) is 21.2. The molecule has 2 amide bonds. The van der Waals surface area contributed by atoms with Crippen LogP contribution in [0.3, 0.4) is 0 Å². The molecule has 4 rings (SSSR count). The molecule has 0 radical (unpaired) electrons. The fourth-order valence-corrected chi connectivity index (χ4v) is 3.45. The molecule has 8 nitrogen and oxygen atoms in total. The SMILES string of the molecule is CC(C)(C)OC(=O)NCC(=O)NCc1nc2cccnc2n1Cc1ccc(F)c(Cl)c1.Fc1ccccc1. The van der Waals surface area contributed by atoms with Crippen molar-refractivity contribution in [2.75, 3.05) is 6.54 Å². The smallest absolute Gasteiger partial charge is 0.408 e. The van der Waals surface area contributed by atoms with E-state index in [4.69, 9.17) is 16.3 Å². The van der Waals surface area contributed by atoms with Crippen LogP contribution in [0.4, 0.5) is 13.6 Å². The number of fused-ring (bicyclic) bond motifs is 1. The number of hydrogen-bond donors (Lipinski definition) is 2. The van der Waals surface area contributed by atoms with E-state index in [9.17, 15) is 18.4 Å². The molecule has 4 aromatic rings. The van der Waals surface area contributed by atoms with Crippen molar-refractivity contribution in [1.82, 2.24) is 25.2 Å². The van der Waals surface area contributed by atoms with Crippen molar-refractivity contribution < 1.29 is 23.1 Å². The van der Waals surface area contributed by atoms with Crippen LogP contribution >= 0.6 is 11.6 Å². The van der Waals surface area contributed by atoms with Gasteiger partial charge >= 0.3 is 6.09 Å². The molecule has 0 bridgehead atoms. The minimum atomic E-state index is -0.674. The lowest BCUT2D eigenvalue weighted by atomic mass is 10.2. The Hall–Kier alpha value is -4.05. The lowest BCUT2D eigenvalue weighted by Gasteiger charge is -2.19. The lowest BCUT2D eigenvalue weighted by Crippen LogP contribution is -2.39. The van der Waals surface area contributed by atoms with Gasteiger partial charge in [-0.3, -0.25) is 4.79 Å². The number of alkyl carbamates (subject to hydrolysis) is 1. The number of rotatable bonds is 6. The Balaban J connectivity index is 0.000000494. The van der Waals surface area contributed by atoms with Crippen LogP contribution in [-0.2, 0) is 22.6 Å². The Kier molecular flexibility index (Phi) is 9.72. The molecule has 0 fully saturated rings. The number of benzene rings is 2. The van der Waals surface area contributed by atoms with Gasteiger partial charge in [0.15, 0.2) is 5.65 Å². The highest BCUT2D eigenvalue weighted by Gasteiger charge is 2.17. The molecule has 2 heterocycles. The van der Waals surface area contributed by atoms with E-state index < -0.39 is 23.4 Å². The number of carbonyl (C=O) groups excluding carboxylic acids is 2. The maximum atomic E-state index is 13.5. The summed E-state index contributed by atoms with van der Waals surface area (Å²) in [5.74, 6) is -0.520. The first-order valence-electron chi connectivity index (χ1n) is 11.7. The molecule has 2 aromatic heterocycles. The van der Waals surface area contributed by atoms with Crippen LogP contribution in [0.5, 0.6) is 0 Å². The van der Waals surface area contributed by atoms with Crippen molar-refractivity contribution in [1.29, 1.82) is 0 Å². The van der Waals surface area contributed by atoms with Crippen LogP contribution in [0.2, 0.25) is 5.02 Å². The minimum absolute atomic E-state index is 0.0259. The number of hydrogen-bond acceptors (Lipinski definition) is 5. The highest BCUT2D eigenvalue weighted by Crippen LogP contribution is 2.20. The van der Waals surface area contributed by atoms with E-state index >= 15 is 0 Å². The fourth-order valence-electron chi connectivity index (χ4n) is 3.25. The molecule has 38 heavy (non-hydrogen) atoms. The van der Waals surface area contributed by atoms with Gasteiger partial charge < -0.3 is 19.9 Å². The van der Waals surface area contributed by atoms with E-state index in [-0.39, 0.29) is 23.9 Å². The summed E-state index contributed by atoms with van der Waals surface area (Å²) in [6.07, 6.45) is 0.970. The molecule has 0 aliphatic rings. The standard InChI is InChI=1S/C21H23ClFN5O3.C6H5F/c1-21(2,3)31-20(30)26-11-18(29)25-10-17-27-16-5-4-8-24-19(16)28(17)12-13-6-7-15(23)14(22)9-13;7-6-4-2-1-3-5-6/h4-9H,10-12H2,1-3H3,(H,25,29)(H,26,30);1-5H. The van der Waals surface area contributed by atoms with Crippen molar-refractivity contribution in [2.24, 2.45) is 0 Å². The third kappa shape index (κ3) is 8.81. The number of imidazole rings is 1. The summed E-state index contributed by atoms with van der Waals surface area (Å²) in [4.78, 5) is 32.7. The topological polar surface area (TPSA) is 98.1 Å². The highest BCUT2D eigenvalue weighted by molar-refractivity contribution is 6.30. The van der Waals surface area contributed by atoms with Gasteiger partial charge in [-0.25, -0.2) is 23.5 Å². The van der Waals surface area contributed by atoms with E-state index in [0.717, 1.165) is 5.56 Å². The third-order valence-corrected chi connectivity index (χ3v) is 5.17. The van der Waals surface area contributed by atoms with Gasteiger partial charge in [0.25, 0.3) is 0 Å². The number of nitrogens with one attached hydrogen (secondary N) is 2. The van der Waals surface area contributed by atoms with Crippen molar-refractivity contribution in [3.63, 3.8) is 0 Å². The van der Waals surface area contributed by atoms with Gasteiger partial charge in [-0.2, -0.15) is 0 Å². The van der Waals surface area contributed by atoms with Crippen LogP contribution in [0.1, 0.15) is 32.2 Å². The summed E-state index contributed by atoms with van der Waals surface area (Å²) in [5.41, 5.74) is 1.39. The maximum absolute atomic E-state index is 13.5. The second-order valence-electron chi connectivity index (χ2n) is 9.14. The average Bonchev–Trinajstić information content (AvgIpc) is 3.21. The normalized spacial score (nSPS) is 10.9. The average molecular weight is 544 g/mol. The van der Waals surface area contributed by atoms with Gasteiger partial charge in [-0.05, 0) is 62.7 Å². The molecule has 0 aliphatic heterocycles. The summed E-state index contributed by atoms with van der Waals surface area (Å²) < 4.78 is 32.3. The second kappa shape index (κ2) is 13.0. The second-order valence-corrected chi connectivity index (χ2v) is 9.54. The van der Waals surface area contributed by atoms with Crippen LogP contribution in [0, 0.1) is 11.6 Å². The summed E-state index contributed by atoms with van der Waals surface area (Å²) in [5, 5.41) is 5.15. The summed E-state index contributed by atoms with van der Waals surface area (Å²) in [6, 6.07) is 16.0. The number of amides is 2. The molecule has 200 valence electrons. The lowest BCUT2D eigenvalue weighted by molar-refractivity contribution is -0.120. The molecule has 0 saturated carbocycles. The molecule has 0 spiro atoms. The predicted octanol–water partition coefficient (Wildman–Crippen LogP) is 5.24. The Morgan fingerprint density at radius 3 is 2.39 bits per heavy atom. The van der Waals surface area contributed by atoms with Crippen molar-refractivity contribution in [3.05, 3.63) is 94.9 Å². The molecule has 2 aromatic carbocycles. The first-order chi connectivity index (χ1) is 18.0. The molecule has 2 N–H and O–H groups in total. The molecule has 0 unspecified atom stereocenters. The van der Waals surface area contributed by atoms with Crippen LogP contribution in [0.25, 0.3) is 11.2 Å². The van der Waals surface area contributed by atoms with Crippen LogP contribution in [-0.4, -0.2) is 38.7 Å². The number of halogens is 3. The van der Waals surface area contributed by atoms with Crippen LogP contribution < -0.4 is 10.6 Å².